The zero-order valence-electron chi connectivity index (χ0n) is 12.4. The summed E-state index contributed by atoms with van der Waals surface area (Å²) in [5.41, 5.74) is 1.29. The molecule has 1 atom stereocenters. The summed E-state index contributed by atoms with van der Waals surface area (Å²) in [6.07, 6.45) is 1.60. The normalized spacial score (nSPS) is 12.9. The van der Waals surface area contributed by atoms with E-state index in [1.165, 1.54) is 6.92 Å². The Kier molecular flexibility index (Phi) is 6.84. The number of carbonyl (C=O) groups excluding carboxylic acids is 1. The number of carbonyl (C=O) groups is 1. The predicted octanol–water partition coefficient (Wildman–Crippen LogP) is 1.83. The monoisotopic (exact) mass is 314 g/mol. The first kappa shape index (κ1) is 17.7. The fourth-order valence-corrected chi connectivity index (χ4v) is 2.95. The van der Waals surface area contributed by atoms with E-state index in [4.69, 9.17) is 9.84 Å². The third kappa shape index (κ3) is 5.47. The van der Waals surface area contributed by atoms with Crippen molar-refractivity contribution in [2.75, 3.05) is 6.61 Å². The molecule has 1 N–H and O–H groups in total. The number of hydrogen-bond acceptors (Lipinski definition) is 5. The molecule has 0 spiro atoms. The standard InChI is InChI=1S/C15H22O5S/c1-3-4-9-20-15(17)12(2)21(18,19)11-14-7-5-13(10-16)6-8-14/h5-8,12,16H,3-4,9-11H2,1-2H3. The molecule has 1 unspecified atom stereocenters. The van der Waals surface area contributed by atoms with Gasteiger partial charge in [-0.05, 0) is 24.5 Å². The second-order valence-corrected chi connectivity index (χ2v) is 7.27. The molecule has 0 bridgehead atoms. The molecule has 0 aliphatic carbocycles. The smallest absolute Gasteiger partial charge is 0.324 e. The van der Waals surface area contributed by atoms with Gasteiger partial charge in [0.1, 0.15) is 0 Å². The van der Waals surface area contributed by atoms with Crippen LogP contribution in [0, 0.1) is 0 Å². The van der Waals surface area contributed by atoms with Crippen LogP contribution >= 0.6 is 0 Å². The third-order valence-corrected chi connectivity index (χ3v) is 5.19. The van der Waals surface area contributed by atoms with Gasteiger partial charge in [0.2, 0.25) is 0 Å². The molecular weight excluding hydrogens is 292 g/mol. The SMILES string of the molecule is CCCCOC(=O)C(C)S(=O)(=O)Cc1ccc(CO)cc1. The molecule has 0 amide bonds. The Morgan fingerprint density at radius 3 is 2.33 bits per heavy atom. The molecule has 0 aliphatic heterocycles. The first-order valence-corrected chi connectivity index (χ1v) is 8.69. The maximum atomic E-state index is 12.2. The van der Waals surface area contributed by atoms with Gasteiger partial charge in [0.05, 0.1) is 19.0 Å². The van der Waals surface area contributed by atoms with Crippen molar-refractivity contribution in [2.45, 2.75) is 44.3 Å². The first-order chi connectivity index (χ1) is 9.90. The van der Waals surface area contributed by atoms with Crippen molar-refractivity contribution in [3.05, 3.63) is 35.4 Å². The van der Waals surface area contributed by atoms with E-state index < -0.39 is 21.1 Å². The van der Waals surface area contributed by atoms with E-state index in [2.05, 4.69) is 0 Å². The van der Waals surface area contributed by atoms with Crippen LogP contribution in [0.4, 0.5) is 0 Å². The van der Waals surface area contributed by atoms with Crippen LogP contribution in [0.1, 0.15) is 37.8 Å². The Bertz CT molecular complexity index is 548. The van der Waals surface area contributed by atoms with E-state index in [0.717, 1.165) is 12.8 Å². The molecule has 1 aromatic rings. The quantitative estimate of drug-likeness (QED) is 0.585. The van der Waals surface area contributed by atoms with Gasteiger partial charge in [-0.15, -0.1) is 0 Å². The van der Waals surface area contributed by atoms with Crippen LogP contribution in [0.25, 0.3) is 0 Å². The van der Waals surface area contributed by atoms with Crippen molar-refractivity contribution in [2.24, 2.45) is 0 Å². The summed E-state index contributed by atoms with van der Waals surface area (Å²) in [4.78, 5) is 11.7. The van der Waals surface area contributed by atoms with Gasteiger partial charge in [0.25, 0.3) is 0 Å². The molecule has 5 nitrogen and oxygen atoms in total. The van der Waals surface area contributed by atoms with E-state index in [1.54, 1.807) is 24.3 Å². The van der Waals surface area contributed by atoms with E-state index in [-0.39, 0.29) is 19.0 Å². The van der Waals surface area contributed by atoms with Gasteiger partial charge in [-0.2, -0.15) is 0 Å². The first-order valence-electron chi connectivity index (χ1n) is 6.97. The third-order valence-electron chi connectivity index (χ3n) is 3.19. The Morgan fingerprint density at radius 1 is 1.24 bits per heavy atom. The number of ether oxygens (including phenoxy) is 1. The number of aliphatic hydroxyl groups is 1. The van der Waals surface area contributed by atoms with E-state index in [9.17, 15) is 13.2 Å². The molecule has 0 aliphatic rings. The fourth-order valence-electron chi connectivity index (χ4n) is 1.68. The second kappa shape index (κ2) is 8.14. The summed E-state index contributed by atoms with van der Waals surface area (Å²) in [5.74, 6) is -0.918. The average Bonchev–Trinajstić information content (AvgIpc) is 2.47. The molecule has 21 heavy (non-hydrogen) atoms. The summed E-state index contributed by atoms with van der Waals surface area (Å²) in [7, 11) is -3.61. The maximum Gasteiger partial charge on any atom is 0.324 e. The lowest BCUT2D eigenvalue weighted by Crippen LogP contribution is -2.30. The zero-order chi connectivity index (χ0) is 15.9. The van der Waals surface area contributed by atoms with Crippen molar-refractivity contribution < 1.29 is 23.1 Å². The van der Waals surface area contributed by atoms with Crippen LogP contribution < -0.4 is 0 Å². The van der Waals surface area contributed by atoms with Gasteiger partial charge in [0, 0.05) is 0 Å². The number of sulfone groups is 1. The number of aliphatic hydroxyl groups excluding tert-OH is 1. The van der Waals surface area contributed by atoms with Crippen molar-refractivity contribution in [3.63, 3.8) is 0 Å². The highest BCUT2D eigenvalue weighted by atomic mass is 32.2. The highest BCUT2D eigenvalue weighted by Crippen LogP contribution is 2.14. The van der Waals surface area contributed by atoms with E-state index >= 15 is 0 Å². The zero-order valence-corrected chi connectivity index (χ0v) is 13.2. The van der Waals surface area contributed by atoms with Crippen molar-refractivity contribution in [3.8, 4) is 0 Å². The van der Waals surface area contributed by atoms with Gasteiger partial charge >= 0.3 is 5.97 Å². The highest BCUT2D eigenvalue weighted by Gasteiger charge is 2.29. The topological polar surface area (TPSA) is 80.7 Å². The number of unbranched alkanes of at least 4 members (excludes halogenated alkanes) is 1. The van der Waals surface area contributed by atoms with Gasteiger partial charge in [0.15, 0.2) is 15.1 Å². The molecule has 1 aromatic carbocycles. The summed E-state index contributed by atoms with van der Waals surface area (Å²) >= 11 is 0. The summed E-state index contributed by atoms with van der Waals surface area (Å²) in [6.45, 7) is 3.48. The Labute approximate surface area is 125 Å². The lowest BCUT2D eigenvalue weighted by Gasteiger charge is -2.12. The number of esters is 1. The van der Waals surface area contributed by atoms with Crippen LogP contribution in [0.3, 0.4) is 0 Å². The van der Waals surface area contributed by atoms with Crippen molar-refractivity contribution >= 4 is 15.8 Å². The minimum absolute atomic E-state index is 0.0901. The van der Waals surface area contributed by atoms with E-state index in [1.807, 2.05) is 6.92 Å². The van der Waals surface area contributed by atoms with Gasteiger partial charge in [-0.3, -0.25) is 4.79 Å². The average molecular weight is 314 g/mol. The highest BCUT2D eigenvalue weighted by molar-refractivity contribution is 7.92. The van der Waals surface area contributed by atoms with Crippen LogP contribution in [0.15, 0.2) is 24.3 Å². The Balaban J connectivity index is 2.68. The van der Waals surface area contributed by atoms with Crippen molar-refractivity contribution in [1.82, 2.24) is 0 Å². The summed E-state index contributed by atoms with van der Waals surface area (Å²) in [6, 6.07) is 6.60. The lowest BCUT2D eigenvalue weighted by molar-refractivity contribution is -0.142. The largest absolute Gasteiger partial charge is 0.465 e. The van der Waals surface area contributed by atoms with Crippen LogP contribution in [0.5, 0.6) is 0 Å². The molecule has 0 heterocycles. The number of benzene rings is 1. The van der Waals surface area contributed by atoms with E-state index in [0.29, 0.717) is 11.1 Å². The van der Waals surface area contributed by atoms with Crippen LogP contribution in [0.2, 0.25) is 0 Å². The maximum absolute atomic E-state index is 12.2. The Morgan fingerprint density at radius 2 is 1.81 bits per heavy atom. The molecular formula is C15H22O5S. The molecule has 0 aromatic heterocycles. The van der Waals surface area contributed by atoms with Gasteiger partial charge < -0.3 is 9.84 Å². The van der Waals surface area contributed by atoms with Crippen LogP contribution in [-0.4, -0.2) is 31.4 Å². The summed E-state index contributed by atoms with van der Waals surface area (Å²) < 4.78 is 29.3. The molecule has 0 saturated carbocycles. The molecule has 118 valence electrons. The minimum Gasteiger partial charge on any atom is -0.465 e. The Hall–Kier alpha value is -1.40. The molecule has 0 radical (unpaired) electrons. The number of hydrogen-bond donors (Lipinski definition) is 1. The number of rotatable bonds is 8. The van der Waals surface area contributed by atoms with Gasteiger partial charge in [-0.25, -0.2) is 8.42 Å². The molecule has 0 fully saturated rings. The fraction of sp³-hybridized carbons (Fsp3) is 0.533. The molecule has 0 saturated heterocycles. The predicted molar refractivity (Wildman–Crippen MR) is 80.3 cm³/mol. The minimum atomic E-state index is -3.61. The van der Waals surface area contributed by atoms with Crippen LogP contribution in [-0.2, 0) is 31.7 Å². The lowest BCUT2D eigenvalue weighted by atomic mass is 10.2. The molecule has 6 heteroatoms. The second-order valence-electron chi connectivity index (χ2n) is 4.95. The van der Waals surface area contributed by atoms with Crippen molar-refractivity contribution in [1.29, 1.82) is 0 Å². The summed E-state index contributed by atoms with van der Waals surface area (Å²) in [5, 5.41) is 7.77. The van der Waals surface area contributed by atoms with Gasteiger partial charge in [-0.1, -0.05) is 37.6 Å². The molecule has 1 rings (SSSR count).